The molecule has 1 N–H and O–H groups in total. The number of benzene rings is 1. The number of hydrogen-bond donors (Lipinski definition) is 1. The maximum absolute atomic E-state index is 8.36. The molecule has 1 heterocycles. The van der Waals surface area contributed by atoms with Gasteiger partial charge in [0.05, 0.1) is 6.33 Å². The Bertz CT molecular complexity index is 617. The molecule has 0 saturated carbocycles. The SMILES string of the molecule is CCCCCC(Cn1ccnc1)c1ccc(Cl)cc1Cl.O=[N+]([O-])O. The van der Waals surface area contributed by atoms with Crippen LogP contribution in [0, 0.1) is 10.1 Å². The molecule has 1 aromatic heterocycles. The van der Waals surface area contributed by atoms with Crippen molar-refractivity contribution < 1.29 is 10.3 Å². The van der Waals surface area contributed by atoms with Crippen LogP contribution in [0.5, 0.6) is 0 Å². The maximum Gasteiger partial charge on any atom is 0.291 e. The summed E-state index contributed by atoms with van der Waals surface area (Å²) in [4.78, 5) is 12.5. The Morgan fingerprint density at radius 2 is 2.08 bits per heavy atom. The highest BCUT2D eigenvalue weighted by atomic mass is 35.5. The standard InChI is InChI=1S/C16H20Cl2N2.HNO3/c1-2-3-4-5-13(11-20-9-8-19-12-20)15-7-6-14(17)10-16(15)18;2-1(3)4/h6-10,12-13H,2-5,11H2,1H3;(H,2,3,4). The van der Waals surface area contributed by atoms with E-state index in [0.29, 0.717) is 10.9 Å². The van der Waals surface area contributed by atoms with Crippen LogP contribution in [0.3, 0.4) is 0 Å². The van der Waals surface area contributed by atoms with E-state index in [9.17, 15) is 0 Å². The molecule has 1 unspecified atom stereocenters. The molecule has 1 aromatic carbocycles. The first-order chi connectivity index (χ1) is 11.4. The van der Waals surface area contributed by atoms with Gasteiger partial charge in [0.25, 0.3) is 5.09 Å². The minimum atomic E-state index is -1.50. The highest BCUT2D eigenvalue weighted by Gasteiger charge is 2.15. The van der Waals surface area contributed by atoms with E-state index in [4.69, 9.17) is 38.5 Å². The van der Waals surface area contributed by atoms with Crippen molar-refractivity contribution in [1.82, 2.24) is 9.55 Å². The Labute approximate surface area is 151 Å². The van der Waals surface area contributed by atoms with E-state index in [1.54, 1.807) is 0 Å². The van der Waals surface area contributed by atoms with Crippen molar-refractivity contribution in [2.45, 2.75) is 45.1 Å². The molecule has 1 atom stereocenters. The van der Waals surface area contributed by atoms with E-state index in [2.05, 4.69) is 22.5 Å². The number of hydrogen-bond acceptors (Lipinski definition) is 3. The zero-order valence-corrected chi connectivity index (χ0v) is 15.0. The number of halogens is 2. The average Bonchev–Trinajstić information content (AvgIpc) is 2.99. The third-order valence-corrected chi connectivity index (χ3v) is 4.11. The van der Waals surface area contributed by atoms with Crippen LogP contribution < -0.4 is 0 Å². The third kappa shape index (κ3) is 7.66. The molecule has 0 radical (unpaired) electrons. The van der Waals surface area contributed by atoms with Gasteiger partial charge in [0.15, 0.2) is 0 Å². The fourth-order valence-electron chi connectivity index (χ4n) is 2.47. The predicted octanol–water partition coefficient (Wildman–Crippen LogP) is 5.21. The second kappa shape index (κ2) is 10.9. The van der Waals surface area contributed by atoms with E-state index in [1.165, 1.54) is 24.8 Å². The van der Waals surface area contributed by atoms with E-state index >= 15 is 0 Å². The molecule has 2 rings (SSSR count). The second-order valence-electron chi connectivity index (χ2n) is 5.36. The van der Waals surface area contributed by atoms with Crippen LogP contribution in [-0.2, 0) is 6.54 Å². The average molecular weight is 374 g/mol. The van der Waals surface area contributed by atoms with Crippen molar-refractivity contribution >= 4 is 23.2 Å². The van der Waals surface area contributed by atoms with Crippen LogP contribution in [0.4, 0.5) is 0 Å². The van der Waals surface area contributed by atoms with Crippen LogP contribution in [0.2, 0.25) is 10.0 Å². The lowest BCUT2D eigenvalue weighted by molar-refractivity contribution is -0.742. The van der Waals surface area contributed by atoms with Crippen LogP contribution >= 0.6 is 23.2 Å². The number of aromatic nitrogens is 2. The Balaban J connectivity index is 0.000000648. The summed E-state index contributed by atoms with van der Waals surface area (Å²) in [5, 5.41) is 15.1. The molecule has 24 heavy (non-hydrogen) atoms. The number of unbranched alkanes of at least 4 members (excludes halogenated alkanes) is 2. The molecule has 0 bridgehead atoms. The summed E-state index contributed by atoms with van der Waals surface area (Å²) in [6.45, 7) is 3.13. The van der Waals surface area contributed by atoms with Crippen molar-refractivity contribution in [3.63, 3.8) is 0 Å². The predicted molar refractivity (Wildman–Crippen MR) is 94.4 cm³/mol. The first-order valence-electron chi connectivity index (χ1n) is 7.68. The van der Waals surface area contributed by atoms with Crippen LogP contribution in [-0.4, -0.2) is 19.8 Å². The van der Waals surface area contributed by atoms with Gasteiger partial charge in [0, 0.05) is 34.9 Å². The van der Waals surface area contributed by atoms with Gasteiger partial charge in [-0.1, -0.05) is 55.5 Å². The summed E-state index contributed by atoms with van der Waals surface area (Å²) in [5.74, 6) is 0.403. The van der Waals surface area contributed by atoms with Crippen molar-refractivity contribution in [2.75, 3.05) is 0 Å². The summed E-state index contributed by atoms with van der Waals surface area (Å²) in [6.07, 6.45) is 10.5. The van der Waals surface area contributed by atoms with E-state index in [-0.39, 0.29) is 0 Å². The molecule has 0 amide bonds. The zero-order chi connectivity index (χ0) is 17.9. The lowest BCUT2D eigenvalue weighted by Gasteiger charge is -2.19. The van der Waals surface area contributed by atoms with Crippen LogP contribution in [0.25, 0.3) is 0 Å². The minimum absolute atomic E-state index is 0.403. The van der Waals surface area contributed by atoms with Crippen molar-refractivity contribution in [3.8, 4) is 0 Å². The third-order valence-electron chi connectivity index (χ3n) is 3.55. The molecule has 132 valence electrons. The van der Waals surface area contributed by atoms with Gasteiger partial charge in [-0.15, -0.1) is 10.1 Å². The highest BCUT2D eigenvalue weighted by Crippen LogP contribution is 2.32. The van der Waals surface area contributed by atoms with Gasteiger partial charge in [-0.05, 0) is 24.1 Å². The molecule has 0 spiro atoms. The molecule has 6 nitrogen and oxygen atoms in total. The van der Waals surface area contributed by atoms with E-state index < -0.39 is 5.09 Å². The van der Waals surface area contributed by atoms with Gasteiger partial charge < -0.3 is 9.77 Å². The molecule has 0 fully saturated rings. The quantitative estimate of drug-likeness (QED) is 0.410. The largest absolute Gasteiger partial charge is 0.337 e. The van der Waals surface area contributed by atoms with Crippen LogP contribution in [0.15, 0.2) is 36.9 Å². The van der Waals surface area contributed by atoms with Gasteiger partial charge >= 0.3 is 0 Å². The second-order valence-corrected chi connectivity index (χ2v) is 6.20. The molecule has 0 aliphatic heterocycles. The first kappa shape index (κ1) is 20.3. The van der Waals surface area contributed by atoms with Gasteiger partial charge in [0.1, 0.15) is 0 Å². The molecule has 0 saturated heterocycles. The summed E-state index contributed by atoms with van der Waals surface area (Å²) in [6, 6.07) is 5.81. The highest BCUT2D eigenvalue weighted by molar-refractivity contribution is 6.35. The monoisotopic (exact) mass is 373 g/mol. The van der Waals surface area contributed by atoms with Gasteiger partial charge in [-0.2, -0.15) is 0 Å². The van der Waals surface area contributed by atoms with Gasteiger partial charge in [0.2, 0.25) is 0 Å². The summed E-state index contributed by atoms with van der Waals surface area (Å²) in [7, 11) is 0. The van der Waals surface area contributed by atoms with Crippen molar-refractivity contribution in [1.29, 1.82) is 0 Å². The molecular formula is C16H21Cl2N3O3. The normalized spacial score (nSPS) is 11.5. The first-order valence-corrected chi connectivity index (χ1v) is 8.43. The van der Waals surface area contributed by atoms with Gasteiger partial charge in [-0.3, -0.25) is 0 Å². The van der Waals surface area contributed by atoms with Gasteiger partial charge in [-0.25, -0.2) is 4.98 Å². The Morgan fingerprint density at radius 3 is 2.62 bits per heavy atom. The summed E-state index contributed by atoms with van der Waals surface area (Å²) in [5.41, 5.74) is 1.18. The van der Waals surface area contributed by atoms with E-state index in [1.807, 2.05) is 30.9 Å². The molecule has 0 aliphatic carbocycles. The molecule has 0 aliphatic rings. The molecule has 8 heteroatoms. The van der Waals surface area contributed by atoms with Crippen molar-refractivity contribution in [2.24, 2.45) is 0 Å². The topological polar surface area (TPSA) is 81.2 Å². The zero-order valence-electron chi connectivity index (χ0n) is 13.4. The lowest BCUT2D eigenvalue weighted by Crippen LogP contribution is -2.09. The maximum atomic E-state index is 8.36. The summed E-state index contributed by atoms with van der Waals surface area (Å²) < 4.78 is 2.11. The smallest absolute Gasteiger partial charge is 0.291 e. The minimum Gasteiger partial charge on any atom is -0.337 e. The lowest BCUT2D eigenvalue weighted by atomic mass is 9.93. The molecule has 2 aromatic rings. The van der Waals surface area contributed by atoms with Crippen molar-refractivity contribution in [3.05, 3.63) is 62.6 Å². The number of imidazole rings is 1. The number of nitrogens with zero attached hydrogens (tertiary/aromatic N) is 3. The fraction of sp³-hybridized carbons (Fsp3) is 0.438. The fourth-order valence-corrected chi connectivity index (χ4v) is 3.03. The number of rotatable bonds is 7. The molecular weight excluding hydrogens is 353 g/mol. The Hall–Kier alpha value is -1.79. The van der Waals surface area contributed by atoms with Crippen LogP contribution in [0.1, 0.15) is 44.1 Å². The van der Waals surface area contributed by atoms with E-state index in [0.717, 1.165) is 18.0 Å². The Morgan fingerprint density at radius 1 is 1.38 bits per heavy atom. The summed E-state index contributed by atoms with van der Waals surface area (Å²) >= 11 is 12.4. The Kier molecular flexibility index (Phi) is 9.19.